The van der Waals surface area contributed by atoms with E-state index < -0.39 is 0 Å². The molecule has 18 heavy (non-hydrogen) atoms. The number of fused-ring (bicyclic) bond motifs is 6. The lowest BCUT2D eigenvalue weighted by molar-refractivity contribution is 0.0925. The number of hydrogen-bond acceptors (Lipinski definition) is 3. The molecule has 88 valence electrons. The molecule has 0 fully saturated rings. The van der Waals surface area contributed by atoms with Gasteiger partial charge in [0.2, 0.25) is 6.79 Å². The third-order valence-corrected chi connectivity index (χ3v) is 3.20. The second kappa shape index (κ2) is 3.53. The van der Waals surface area contributed by atoms with Crippen molar-refractivity contribution in [3.05, 3.63) is 47.0 Å². The highest BCUT2D eigenvalue weighted by molar-refractivity contribution is 5.94. The second-order valence-corrected chi connectivity index (χ2v) is 4.19. The summed E-state index contributed by atoms with van der Waals surface area (Å²) in [4.78, 5) is 0. The van der Waals surface area contributed by atoms with Crippen molar-refractivity contribution in [3.63, 3.8) is 0 Å². The van der Waals surface area contributed by atoms with Gasteiger partial charge in [-0.3, -0.25) is 0 Å². The molecule has 3 heteroatoms. The minimum atomic E-state index is 0.256. The molecule has 0 saturated heterocycles. The predicted molar refractivity (Wildman–Crippen MR) is 68.5 cm³/mol. The zero-order valence-corrected chi connectivity index (χ0v) is 9.55. The fourth-order valence-corrected chi connectivity index (χ4v) is 2.43. The molecule has 0 amide bonds. The molecular formula is C15H10O3. The van der Waals surface area contributed by atoms with Gasteiger partial charge in [-0.2, -0.15) is 0 Å². The van der Waals surface area contributed by atoms with Crippen molar-refractivity contribution in [3.8, 4) is 11.5 Å². The molecule has 2 aliphatic rings. The van der Waals surface area contributed by atoms with Crippen molar-refractivity contribution in [2.24, 2.45) is 0 Å². The van der Waals surface area contributed by atoms with Crippen LogP contribution >= 0.6 is 0 Å². The third kappa shape index (κ3) is 1.19. The quantitative estimate of drug-likeness (QED) is 0.698. The van der Waals surface area contributed by atoms with Crippen molar-refractivity contribution in [2.75, 3.05) is 6.79 Å². The Hall–Kier alpha value is -2.42. The minimum Gasteiger partial charge on any atom is -0.464 e. The maximum atomic E-state index is 5.66. The van der Waals surface area contributed by atoms with Crippen molar-refractivity contribution < 1.29 is 14.2 Å². The first kappa shape index (κ1) is 9.59. The minimum absolute atomic E-state index is 0.256. The van der Waals surface area contributed by atoms with Gasteiger partial charge in [0, 0.05) is 16.0 Å². The van der Waals surface area contributed by atoms with Crippen LogP contribution in [-0.4, -0.2) is 6.79 Å². The molecule has 2 heterocycles. The van der Waals surface area contributed by atoms with Gasteiger partial charge in [0.15, 0.2) is 0 Å². The van der Waals surface area contributed by atoms with E-state index in [0.29, 0.717) is 0 Å². The summed E-state index contributed by atoms with van der Waals surface area (Å²) < 4.78 is 16.6. The summed E-state index contributed by atoms with van der Waals surface area (Å²) in [5, 5.41) is 4.06. The molecule has 3 nitrogen and oxygen atoms in total. The van der Waals surface area contributed by atoms with Crippen LogP contribution in [0.3, 0.4) is 0 Å². The summed E-state index contributed by atoms with van der Waals surface area (Å²) in [6.45, 7) is 0.256. The van der Waals surface area contributed by atoms with E-state index in [1.165, 1.54) is 0 Å². The van der Waals surface area contributed by atoms with Gasteiger partial charge in [-0.1, -0.05) is 24.3 Å². The smallest absolute Gasteiger partial charge is 0.230 e. The molecule has 0 radical (unpaired) electrons. The van der Waals surface area contributed by atoms with E-state index in [-0.39, 0.29) is 6.79 Å². The molecule has 0 saturated carbocycles. The standard InChI is InChI=1S/C15H10O3/c1-2-5-11-10(4-1)14-12(6-3-7-17-14)13-8-16-9-18-15(11)13/h1-8H,9H2. The molecule has 0 aromatic heterocycles. The number of rotatable bonds is 0. The largest absolute Gasteiger partial charge is 0.464 e. The van der Waals surface area contributed by atoms with Crippen LogP contribution in [0, 0.1) is 0 Å². The Balaban J connectivity index is 2.31. The molecule has 2 aliphatic heterocycles. The van der Waals surface area contributed by atoms with Crippen LogP contribution < -0.4 is 19.9 Å². The highest BCUT2D eigenvalue weighted by Gasteiger charge is 2.16. The Morgan fingerprint density at radius 3 is 2.67 bits per heavy atom. The van der Waals surface area contributed by atoms with Crippen LogP contribution in [0.15, 0.2) is 36.6 Å². The normalized spacial score (nSPS) is 15.3. The van der Waals surface area contributed by atoms with Crippen LogP contribution in [0.5, 0.6) is 11.5 Å². The lowest BCUT2D eigenvalue weighted by atomic mass is 10.0. The topological polar surface area (TPSA) is 27.7 Å². The van der Waals surface area contributed by atoms with Gasteiger partial charge >= 0.3 is 0 Å². The number of allylic oxidation sites excluding steroid dienone is 1. The van der Waals surface area contributed by atoms with E-state index in [9.17, 15) is 0 Å². The summed E-state index contributed by atoms with van der Waals surface area (Å²) in [6, 6.07) is 8.07. The molecule has 0 spiro atoms. The van der Waals surface area contributed by atoms with Crippen LogP contribution in [0.25, 0.3) is 23.1 Å². The van der Waals surface area contributed by atoms with Crippen LogP contribution in [0.4, 0.5) is 0 Å². The predicted octanol–water partition coefficient (Wildman–Crippen LogP) is 1.63. The van der Waals surface area contributed by atoms with E-state index >= 15 is 0 Å². The summed E-state index contributed by atoms with van der Waals surface area (Å²) in [5.74, 6) is 1.72. The molecule has 2 aromatic carbocycles. The van der Waals surface area contributed by atoms with Crippen molar-refractivity contribution in [1.29, 1.82) is 0 Å². The maximum absolute atomic E-state index is 5.66. The van der Waals surface area contributed by atoms with E-state index in [2.05, 4.69) is 0 Å². The van der Waals surface area contributed by atoms with Gasteiger partial charge in [0.25, 0.3) is 0 Å². The Kier molecular flexibility index (Phi) is 1.88. The van der Waals surface area contributed by atoms with Gasteiger partial charge in [0.05, 0.1) is 17.7 Å². The van der Waals surface area contributed by atoms with Gasteiger partial charge in [-0.15, -0.1) is 0 Å². The van der Waals surface area contributed by atoms with Crippen LogP contribution in [0.1, 0.15) is 0 Å². The summed E-state index contributed by atoms with van der Waals surface area (Å²) in [7, 11) is 0. The molecular weight excluding hydrogens is 228 g/mol. The molecule has 0 N–H and O–H groups in total. The first-order chi connectivity index (χ1) is 8.95. The second-order valence-electron chi connectivity index (χ2n) is 4.19. The zero-order chi connectivity index (χ0) is 11.9. The van der Waals surface area contributed by atoms with E-state index in [1.54, 1.807) is 12.5 Å². The average molecular weight is 238 g/mol. The lowest BCUT2D eigenvalue weighted by Crippen LogP contribution is -2.32. The van der Waals surface area contributed by atoms with Gasteiger partial charge in [-0.25, -0.2) is 0 Å². The molecule has 4 rings (SSSR count). The molecule has 2 aromatic rings. The summed E-state index contributed by atoms with van der Waals surface area (Å²) >= 11 is 0. The van der Waals surface area contributed by atoms with Gasteiger partial charge in [-0.05, 0) is 12.2 Å². The maximum Gasteiger partial charge on any atom is 0.230 e. The van der Waals surface area contributed by atoms with Gasteiger partial charge < -0.3 is 14.2 Å². The first-order valence-corrected chi connectivity index (χ1v) is 5.78. The lowest BCUT2D eigenvalue weighted by Gasteiger charge is -2.18. The third-order valence-electron chi connectivity index (χ3n) is 3.20. The van der Waals surface area contributed by atoms with Crippen molar-refractivity contribution in [1.82, 2.24) is 0 Å². The van der Waals surface area contributed by atoms with E-state index in [0.717, 1.165) is 32.7 Å². The summed E-state index contributed by atoms with van der Waals surface area (Å²) in [6.07, 6.45) is 7.31. The van der Waals surface area contributed by atoms with Crippen molar-refractivity contribution >= 4 is 23.1 Å². The Labute approximate surface area is 103 Å². The zero-order valence-electron chi connectivity index (χ0n) is 9.55. The first-order valence-electron chi connectivity index (χ1n) is 5.78. The summed E-state index contributed by atoms with van der Waals surface area (Å²) in [5.41, 5.74) is 0. The van der Waals surface area contributed by atoms with Crippen LogP contribution in [-0.2, 0) is 4.74 Å². The monoisotopic (exact) mass is 238 g/mol. The van der Waals surface area contributed by atoms with Crippen molar-refractivity contribution in [2.45, 2.75) is 0 Å². The number of hydrogen-bond donors (Lipinski definition) is 0. The van der Waals surface area contributed by atoms with Gasteiger partial charge in [0.1, 0.15) is 11.5 Å². The molecule has 0 atom stereocenters. The molecule has 0 aliphatic carbocycles. The highest BCUT2D eigenvalue weighted by Crippen LogP contribution is 2.29. The fourth-order valence-electron chi connectivity index (χ4n) is 2.43. The van der Waals surface area contributed by atoms with E-state index in [4.69, 9.17) is 14.2 Å². The Morgan fingerprint density at radius 1 is 0.944 bits per heavy atom. The number of ether oxygens (including phenoxy) is 3. The highest BCUT2D eigenvalue weighted by atomic mass is 16.7. The molecule has 0 unspecified atom stereocenters. The average Bonchev–Trinajstić information content (AvgIpc) is 2.48. The van der Waals surface area contributed by atoms with E-state index in [1.807, 2.05) is 36.4 Å². The fraction of sp³-hybridized carbons (Fsp3) is 0.0667. The Morgan fingerprint density at radius 2 is 1.78 bits per heavy atom. The number of benzene rings is 2. The molecule has 0 bridgehead atoms. The SMILES string of the molecule is C1=COc2c(c3c(c4ccccc24)OCOC=3)=C1. The Bertz CT molecular complexity index is 772. The van der Waals surface area contributed by atoms with Crippen LogP contribution in [0.2, 0.25) is 0 Å².